The molecule has 0 saturated heterocycles. The van der Waals surface area contributed by atoms with Crippen molar-refractivity contribution in [1.82, 2.24) is 14.8 Å². The van der Waals surface area contributed by atoms with Crippen LogP contribution in [0.25, 0.3) is 11.3 Å². The number of rotatable bonds is 5. The first kappa shape index (κ1) is 18.9. The maximum Gasteiger partial charge on any atom is 0.302 e. The van der Waals surface area contributed by atoms with Gasteiger partial charge in [0.15, 0.2) is 0 Å². The van der Waals surface area contributed by atoms with E-state index in [1.807, 2.05) is 0 Å². The van der Waals surface area contributed by atoms with Crippen LogP contribution < -0.4 is 5.73 Å². The van der Waals surface area contributed by atoms with Crippen molar-refractivity contribution in [2.45, 2.75) is 51.0 Å². The molecule has 0 bridgehead atoms. The van der Waals surface area contributed by atoms with Crippen LogP contribution in [-0.4, -0.2) is 25.4 Å². The predicted molar refractivity (Wildman–Crippen MR) is 92.6 cm³/mol. The van der Waals surface area contributed by atoms with Crippen molar-refractivity contribution in [1.29, 1.82) is 0 Å². The molecule has 5 nitrogen and oxygen atoms in total. The predicted octanol–water partition coefficient (Wildman–Crippen LogP) is 2.83. The largest absolute Gasteiger partial charge is 0.384 e. The molecule has 0 radical (unpaired) electrons. The Kier molecular flexibility index (Phi) is 4.83. The van der Waals surface area contributed by atoms with E-state index in [0.29, 0.717) is 17.0 Å². The van der Waals surface area contributed by atoms with Gasteiger partial charge < -0.3 is 10.8 Å². The maximum atomic E-state index is 13.6. The highest BCUT2D eigenvalue weighted by Crippen LogP contribution is 2.36. The summed E-state index contributed by atoms with van der Waals surface area (Å²) < 4.78 is 28.7. The van der Waals surface area contributed by atoms with Crippen molar-refractivity contribution in [3.8, 4) is 11.3 Å². The van der Waals surface area contributed by atoms with Crippen molar-refractivity contribution < 1.29 is 13.9 Å². The molecule has 24 heavy (non-hydrogen) atoms. The van der Waals surface area contributed by atoms with Gasteiger partial charge in [0, 0.05) is 17.3 Å². The van der Waals surface area contributed by atoms with E-state index < -0.39 is 16.8 Å². The summed E-state index contributed by atoms with van der Waals surface area (Å²) in [5.74, 6) is 0. The topological polar surface area (TPSA) is 77.0 Å². The van der Waals surface area contributed by atoms with Crippen LogP contribution in [0.3, 0.4) is 0 Å². The van der Waals surface area contributed by atoms with Gasteiger partial charge in [-0.1, -0.05) is 9.24 Å². The molecule has 8 heteroatoms. The van der Waals surface area contributed by atoms with Gasteiger partial charge in [0.05, 0.1) is 17.9 Å². The molecule has 0 spiro atoms. The first-order valence-electron chi connectivity index (χ1n) is 7.50. The minimum Gasteiger partial charge on any atom is -0.384 e. The number of aliphatic hydroxyl groups is 1. The molecule has 0 saturated carbocycles. The lowest BCUT2D eigenvalue weighted by Crippen LogP contribution is -2.37. The lowest BCUT2D eigenvalue weighted by Gasteiger charge is -2.20. The van der Waals surface area contributed by atoms with Crippen LogP contribution >= 0.6 is 9.24 Å². The lowest BCUT2D eigenvalue weighted by atomic mass is 10.0. The van der Waals surface area contributed by atoms with Crippen LogP contribution in [0.2, 0.25) is 0 Å². The van der Waals surface area contributed by atoms with Gasteiger partial charge in [0.1, 0.15) is 11.3 Å². The molecular weight excluding hydrogens is 333 g/mol. The summed E-state index contributed by atoms with van der Waals surface area (Å²) in [6.45, 7) is 7.13. The fourth-order valence-electron chi connectivity index (χ4n) is 2.23. The van der Waals surface area contributed by atoms with E-state index in [2.05, 4.69) is 10.1 Å². The van der Waals surface area contributed by atoms with Crippen LogP contribution in [0.1, 0.15) is 39.1 Å². The Morgan fingerprint density at radius 3 is 2.25 bits per heavy atom. The zero-order chi connectivity index (χ0) is 18.3. The van der Waals surface area contributed by atoms with E-state index in [-0.39, 0.29) is 12.2 Å². The first-order valence-corrected chi connectivity index (χ1v) is 8.08. The van der Waals surface area contributed by atoms with Crippen LogP contribution in [0.5, 0.6) is 0 Å². The Balaban J connectivity index is 2.49. The van der Waals surface area contributed by atoms with E-state index >= 15 is 0 Å². The first-order chi connectivity index (χ1) is 10.8. The molecule has 0 aromatic carbocycles. The molecule has 0 aliphatic rings. The third kappa shape index (κ3) is 4.56. The summed E-state index contributed by atoms with van der Waals surface area (Å²) in [5, 5.41) is 14.0. The molecule has 0 aliphatic carbocycles. The summed E-state index contributed by atoms with van der Waals surface area (Å²) >= 11 is 0. The Morgan fingerprint density at radius 2 is 1.83 bits per heavy atom. The van der Waals surface area contributed by atoms with E-state index in [1.54, 1.807) is 39.8 Å². The standard InChI is InChI=1S/C16H23F2N4OP/c1-14(2,19)9-22-11(7-13(21-22)16(17,18)24)10-5-6-12(20-8-10)15(3,4)23/h5-8,23H,9,19,24H2,1-4H3. The van der Waals surface area contributed by atoms with Gasteiger partial charge in [0.25, 0.3) is 0 Å². The Hall–Kier alpha value is -1.43. The molecule has 2 aromatic heterocycles. The highest BCUT2D eigenvalue weighted by atomic mass is 31.0. The van der Waals surface area contributed by atoms with Gasteiger partial charge in [-0.3, -0.25) is 9.67 Å². The van der Waals surface area contributed by atoms with Gasteiger partial charge >= 0.3 is 5.66 Å². The number of aromatic nitrogens is 3. The Morgan fingerprint density at radius 1 is 1.21 bits per heavy atom. The summed E-state index contributed by atoms with van der Waals surface area (Å²) in [5.41, 5.74) is 2.47. The van der Waals surface area contributed by atoms with Gasteiger partial charge in [-0.2, -0.15) is 13.9 Å². The van der Waals surface area contributed by atoms with Crippen molar-refractivity contribution in [3.05, 3.63) is 35.8 Å². The summed E-state index contributed by atoms with van der Waals surface area (Å²) in [7, 11) is 1.49. The number of nitrogens with zero attached hydrogens (tertiary/aromatic N) is 3. The second-order valence-electron chi connectivity index (χ2n) is 7.18. The highest BCUT2D eigenvalue weighted by Gasteiger charge is 2.30. The molecule has 0 amide bonds. The normalized spacial score (nSPS) is 13.4. The second-order valence-corrected chi connectivity index (χ2v) is 7.90. The second kappa shape index (κ2) is 6.14. The van der Waals surface area contributed by atoms with E-state index in [1.165, 1.54) is 26.2 Å². The Bertz CT molecular complexity index is 710. The average Bonchev–Trinajstić information content (AvgIpc) is 2.79. The van der Waals surface area contributed by atoms with Gasteiger partial charge in [-0.05, 0) is 45.9 Å². The zero-order valence-electron chi connectivity index (χ0n) is 14.2. The van der Waals surface area contributed by atoms with Crippen LogP contribution in [0.4, 0.5) is 8.78 Å². The maximum absolute atomic E-state index is 13.6. The van der Waals surface area contributed by atoms with Gasteiger partial charge in [-0.25, -0.2) is 0 Å². The summed E-state index contributed by atoms with van der Waals surface area (Å²) in [4.78, 5) is 4.22. The molecule has 132 valence electrons. The Labute approximate surface area is 142 Å². The molecule has 1 atom stereocenters. The van der Waals surface area contributed by atoms with Gasteiger partial charge in [0.2, 0.25) is 0 Å². The SMILES string of the molecule is CC(C)(N)Cn1nc(C(F)(F)P)cc1-c1ccc(C(C)(C)O)nc1. The lowest BCUT2D eigenvalue weighted by molar-refractivity contribution is 0.0739. The number of halogens is 2. The third-order valence-electron chi connectivity index (χ3n) is 3.36. The van der Waals surface area contributed by atoms with Gasteiger partial charge in [-0.15, -0.1) is 0 Å². The molecule has 2 aromatic rings. The molecule has 2 heterocycles. The van der Waals surface area contributed by atoms with Crippen LogP contribution in [-0.2, 0) is 17.8 Å². The molecule has 1 unspecified atom stereocenters. The quantitative estimate of drug-likeness (QED) is 0.808. The number of nitrogens with two attached hydrogens (primary N) is 1. The minimum absolute atomic E-state index is 0.274. The van der Waals surface area contributed by atoms with E-state index in [4.69, 9.17) is 5.73 Å². The highest BCUT2D eigenvalue weighted by molar-refractivity contribution is 7.17. The van der Waals surface area contributed by atoms with E-state index in [0.717, 1.165) is 0 Å². The molecule has 0 fully saturated rings. The molecule has 2 rings (SSSR count). The number of alkyl halides is 2. The van der Waals surface area contributed by atoms with Crippen molar-refractivity contribution in [2.75, 3.05) is 0 Å². The number of hydrogen-bond acceptors (Lipinski definition) is 4. The fraction of sp³-hybridized carbons (Fsp3) is 0.500. The smallest absolute Gasteiger partial charge is 0.302 e. The summed E-state index contributed by atoms with van der Waals surface area (Å²) in [6.07, 6.45) is 1.54. The zero-order valence-corrected chi connectivity index (χ0v) is 15.4. The summed E-state index contributed by atoms with van der Waals surface area (Å²) in [6, 6.07) is 4.72. The fourth-order valence-corrected chi connectivity index (χ4v) is 2.37. The third-order valence-corrected chi connectivity index (χ3v) is 3.66. The monoisotopic (exact) mass is 356 g/mol. The minimum atomic E-state index is -3.13. The van der Waals surface area contributed by atoms with Crippen molar-refractivity contribution >= 4 is 9.24 Å². The van der Waals surface area contributed by atoms with Crippen molar-refractivity contribution in [3.63, 3.8) is 0 Å². The van der Waals surface area contributed by atoms with Crippen molar-refractivity contribution in [2.24, 2.45) is 5.73 Å². The number of hydrogen-bond donors (Lipinski definition) is 2. The molecule has 0 aliphatic heterocycles. The van der Waals surface area contributed by atoms with Crippen LogP contribution in [0, 0.1) is 0 Å². The molecular formula is C16H23F2N4OP. The number of pyridine rings is 1. The average molecular weight is 356 g/mol. The van der Waals surface area contributed by atoms with E-state index in [9.17, 15) is 13.9 Å². The molecule has 3 N–H and O–H groups in total. The van der Waals surface area contributed by atoms with Crippen LogP contribution in [0.15, 0.2) is 24.4 Å².